The van der Waals surface area contributed by atoms with Crippen LogP contribution in [0.15, 0.2) is 52.7 Å². The normalized spacial score (nSPS) is 11.5. The second kappa shape index (κ2) is 6.68. The molecule has 2 N–H and O–H groups in total. The third-order valence-corrected chi connectivity index (χ3v) is 5.55. The lowest BCUT2D eigenvalue weighted by Gasteiger charge is -2.08. The smallest absolute Gasteiger partial charge is 0.257 e. The highest BCUT2D eigenvalue weighted by Gasteiger charge is 2.16. The highest BCUT2D eigenvalue weighted by molar-refractivity contribution is 7.89. The van der Waals surface area contributed by atoms with Crippen LogP contribution in [0.4, 0.5) is 0 Å². The number of fused-ring (bicyclic) bond motifs is 1. The quantitative estimate of drug-likeness (QED) is 0.682. The molecule has 0 radical (unpaired) electrons. The molecular weight excluding hydrogens is 346 g/mol. The molecule has 0 aliphatic rings. The highest BCUT2D eigenvalue weighted by atomic mass is 32.2. The van der Waals surface area contributed by atoms with Crippen LogP contribution in [0.25, 0.3) is 10.8 Å². The van der Waals surface area contributed by atoms with Crippen molar-refractivity contribution in [2.45, 2.75) is 18.2 Å². The summed E-state index contributed by atoms with van der Waals surface area (Å²) in [4.78, 5) is 18.2. The predicted octanol–water partition coefficient (Wildman–Crippen LogP) is 2.16. The topological polar surface area (TPSA) is 88.2 Å². The Morgan fingerprint density at radius 2 is 1.92 bits per heavy atom. The van der Waals surface area contributed by atoms with Crippen LogP contribution in [0.2, 0.25) is 0 Å². The first kappa shape index (κ1) is 16.6. The van der Waals surface area contributed by atoms with E-state index in [-0.39, 0.29) is 11.3 Å². The number of carbonyl (C=O) groups excluding carboxylic acids is 1. The second-order valence-corrected chi connectivity index (χ2v) is 7.85. The molecule has 8 heteroatoms. The van der Waals surface area contributed by atoms with Crippen molar-refractivity contribution in [2.75, 3.05) is 0 Å². The lowest BCUT2D eigenvalue weighted by molar-refractivity contribution is -0.120. The minimum Gasteiger partial charge on any atom is -0.277 e. The van der Waals surface area contributed by atoms with E-state index >= 15 is 0 Å². The van der Waals surface area contributed by atoms with Gasteiger partial charge in [-0.3, -0.25) is 10.2 Å². The molecule has 124 valence electrons. The van der Waals surface area contributed by atoms with Gasteiger partial charge in [0.25, 0.3) is 10.0 Å². The van der Waals surface area contributed by atoms with E-state index in [9.17, 15) is 13.2 Å². The van der Waals surface area contributed by atoms with Crippen LogP contribution in [-0.2, 0) is 21.2 Å². The first-order chi connectivity index (χ1) is 11.4. The summed E-state index contributed by atoms with van der Waals surface area (Å²) in [6.45, 7) is 1.83. The molecule has 0 bridgehead atoms. The maximum absolute atomic E-state index is 12.3. The van der Waals surface area contributed by atoms with Gasteiger partial charge in [-0.2, -0.15) is 0 Å². The lowest BCUT2D eigenvalue weighted by atomic mass is 10.1. The number of aromatic nitrogens is 1. The van der Waals surface area contributed by atoms with Crippen molar-refractivity contribution < 1.29 is 13.2 Å². The Balaban J connectivity index is 1.69. The van der Waals surface area contributed by atoms with Crippen LogP contribution in [0, 0.1) is 6.92 Å². The van der Waals surface area contributed by atoms with Gasteiger partial charge in [-0.1, -0.05) is 30.3 Å². The van der Waals surface area contributed by atoms with Gasteiger partial charge in [-0.25, -0.2) is 13.4 Å². The standard InChI is InChI=1S/C16H15N3O3S2/c1-11-10-23-16(17-11)9-15(20)18-19-24(21,22)14-7-6-12-4-2-3-5-13(12)8-14/h2-8,10,19H,9H2,1H3,(H,18,20). The van der Waals surface area contributed by atoms with Gasteiger partial charge in [-0.15, -0.1) is 16.2 Å². The lowest BCUT2D eigenvalue weighted by Crippen LogP contribution is -2.42. The van der Waals surface area contributed by atoms with Gasteiger partial charge in [0.15, 0.2) is 0 Å². The van der Waals surface area contributed by atoms with Crippen molar-refractivity contribution in [3.8, 4) is 0 Å². The van der Waals surface area contributed by atoms with Crippen LogP contribution in [0.3, 0.4) is 0 Å². The monoisotopic (exact) mass is 361 g/mol. The highest BCUT2D eigenvalue weighted by Crippen LogP contribution is 2.18. The van der Waals surface area contributed by atoms with E-state index in [0.717, 1.165) is 16.5 Å². The molecule has 1 amide bonds. The van der Waals surface area contributed by atoms with Crippen molar-refractivity contribution in [2.24, 2.45) is 0 Å². The minimum atomic E-state index is -3.83. The van der Waals surface area contributed by atoms with Crippen molar-refractivity contribution >= 4 is 38.0 Å². The summed E-state index contributed by atoms with van der Waals surface area (Å²) in [5.41, 5.74) is 3.05. The van der Waals surface area contributed by atoms with E-state index in [2.05, 4.69) is 15.2 Å². The van der Waals surface area contributed by atoms with Gasteiger partial charge >= 0.3 is 0 Å². The van der Waals surface area contributed by atoms with Crippen LogP contribution in [0.5, 0.6) is 0 Å². The molecule has 6 nitrogen and oxygen atoms in total. The van der Waals surface area contributed by atoms with Crippen LogP contribution >= 0.6 is 11.3 Å². The summed E-state index contributed by atoms with van der Waals surface area (Å²) >= 11 is 1.36. The molecule has 0 fully saturated rings. The van der Waals surface area contributed by atoms with Gasteiger partial charge in [0, 0.05) is 11.1 Å². The SMILES string of the molecule is Cc1csc(CC(=O)NNS(=O)(=O)c2ccc3ccccc3c2)n1. The van der Waals surface area contributed by atoms with E-state index in [1.807, 2.05) is 36.6 Å². The number of nitrogens with zero attached hydrogens (tertiary/aromatic N) is 1. The number of rotatable bonds is 5. The molecule has 0 spiro atoms. The Morgan fingerprint density at radius 1 is 1.17 bits per heavy atom. The Bertz CT molecular complexity index is 996. The summed E-state index contributed by atoms with van der Waals surface area (Å²) in [5, 5.41) is 4.22. The fourth-order valence-corrected chi connectivity index (χ4v) is 3.85. The van der Waals surface area contributed by atoms with E-state index in [1.165, 1.54) is 17.4 Å². The zero-order valence-electron chi connectivity index (χ0n) is 12.8. The number of nitrogens with one attached hydrogen (secondary N) is 2. The minimum absolute atomic E-state index is 0.0265. The first-order valence-electron chi connectivity index (χ1n) is 7.14. The molecule has 0 unspecified atom stereocenters. The molecule has 3 aromatic rings. The second-order valence-electron chi connectivity index (χ2n) is 5.22. The van der Waals surface area contributed by atoms with Gasteiger partial charge in [0.05, 0.1) is 11.3 Å². The summed E-state index contributed by atoms with van der Waals surface area (Å²) in [5.74, 6) is -0.464. The molecule has 24 heavy (non-hydrogen) atoms. The number of carbonyl (C=O) groups is 1. The molecule has 1 heterocycles. The third kappa shape index (κ3) is 3.78. The number of hydrogen-bond donors (Lipinski definition) is 2. The Morgan fingerprint density at radius 3 is 2.62 bits per heavy atom. The maximum Gasteiger partial charge on any atom is 0.257 e. The molecule has 0 saturated carbocycles. The fraction of sp³-hybridized carbons (Fsp3) is 0.125. The predicted molar refractivity (Wildman–Crippen MR) is 93.0 cm³/mol. The van der Waals surface area contributed by atoms with Gasteiger partial charge in [-0.05, 0) is 29.8 Å². The largest absolute Gasteiger partial charge is 0.277 e. The summed E-state index contributed by atoms with van der Waals surface area (Å²) in [6, 6.07) is 12.2. The van der Waals surface area contributed by atoms with E-state index in [0.29, 0.717) is 5.01 Å². The van der Waals surface area contributed by atoms with Crippen molar-refractivity contribution in [1.29, 1.82) is 0 Å². The van der Waals surface area contributed by atoms with Crippen LogP contribution in [-0.4, -0.2) is 19.3 Å². The van der Waals surface area contributed by atoms with Gasteiger partial charge < -0.3 is 0 Å². The average molecular weight is 361 g/mol. The summed E-state index contributed by atoms with van der Waals surface area (Å²) < 4.78 is 24.6. The Hall–Kier alpha value is -2.29. The first-order valence-corrected chi connectivity index (χ1v) is 9.51. The Kier molecular flexibility index (Phi) is 4.61. The van der Waals surface area contributed by atoms with E-state index in [1.54, 1.807) is 12.1 Å². The van der Waals surface area contributed by atoms with E-state index in [4.69, 9.17) is 0 Å². The van der Waals surface area contributed by atoms with Crippen LogP contribution in [0.1, 0.15) is 10.7 Å². The number of hydrogen-bond acceptors (Lipinski definition) is 5. The number of amides is 1. The Labute approximate surface area is 143 Å². The van der Waals surface area contributed by atoms with Crippen LogP contribution < -0.4 is 10.3 Å². The zero-order valence-corrected chi connectivity index (χ0v) is 14.4. The molecule has 0 aliphatic carbocycles. The fourth-order valence-electron chi connectivity index (χ4n) is 2.18. The third-order valence-electron chi connectivity index (χ3n) is 3.33. The number of thiazole rings is 1. The number of aryl methyl sites for hydroxylation is 1. The van der Waals surface area contributed by atoms with Crippen molar-refractivity contribution in [3.05, 3.63) is 58.5 Å². The molecule has 0 aliphatic heterocycles. The maximum atomic E-state index is 12.3. The van der Waals surface area contributed by atoms with Gasteiger partial charge in [0.1, 0.15) is 5.01 Å². The molecule has 3 rings (SSSR count). The zero-order chi connectivity index (χ0) is 17.2. The van der Waals surface area contributed by atoms with Crippen molar-refractivity contribution in [1.82, 2.24) is 15.2 Å². The molecule has 1 aromatic heterocycles. The van der Waals surface area contributed by atoms with Crippen molar-refractivity contribution in [3.63, 3.8) is 0 Å². The van der Waals surface area contributed by atoms with Gasteiger partial charge in [0.2, 0.25) is 5.91 Å². The summed E-state index contributed by atoms with van der Waals surface area (Å²) in [7, 11) is -3.83. The molecule has 0 atom stereocenters. The molecular formula is C16H15N3O3S2. The molecule has 0 saturated heterocycles. The number of hydrazine groups is 1. The average Bonchev–Trinajstić information content (AvgIpc) is 2.97. The number of sulfonamides is 1. The number of benzene rings is 2. The summed E-state index contributed by atoms with van der Waals surface area (Å²) in [6.07, 6.45) is 0.0265. The van der Waals surface area contributed by atoms with E-state index < -0.39 is 15.9 Å². The molecule has 2 aromatic carbocycles.